The van der Waals surface area contributed by atoms with Crippen molar-refractivity contribution in [2.45, 2.75) is 59.1 Å². The molecule has 2 amide bonds. The molecule has 1 atom stereocenters. The van der Waals surface area contributed by atoms with Gasteiger partial charge in [-0.05, 0) is 67.2 Å². The second-order valence-corrected chi connectivity index (χ2v) is 7.46. The average Bonchev–Trinajstić information content (AvgIpc) is 2.60. The third-order valence-corrected chi connectivity index (χ3v) is 4.71. The molecular formula is C20H27BrN2O4. The van der Waals surface area contributed by atoms with Crippen molar-refractivity contribution >= 4 is 27.9 Å². The van der Waals surface area contributed by atoms with Gasteiger partial charge in [0.05, 0.1) is 28.8 Å². The number of benzene rings is 1. The van der Waals surface area contributed by atoms with Gasteiger partial charge in [0.2, 0.25) is 0 Å². The van der Waals surface area contributed by atoms with Crippen LogP contribution >= 0.6 is 15.9 Å². The number of carbonyl (C=O) groups excluding carboxylic acids is 2. The van der Waals surface area contributed by atoms with E-state index in [0.717, 1.165) is 22.9 Å². The number of esters is 1. The van der Waals surface area contributed by atoms with Gasteiger partial charge in [-0.2, -0.15) is 0 Å². The third kappa shape index (κ3) is 5.48. The van der Waals surface area contributed by atoms with Gasteiger partial charge in [-0.25, -0.2) is 9.59 Å². The van der Waals surface area contributed by atoms with Crippen LogP contribution in [0.1, 0.15) is 58.6 Å². The van der Waals surface area contributed by atoms with Gasteiger partial charge in [0.25, 0.3) is 0 Å². The molecule has 2 N–H and O–H groups in total. The smallest absolute Gasteiger partial charge is 0.338 e. The number of ether oxygens (including phenoxy) is 2. The first-order chi connectivity index (χ1) is 12.9. The second-order valence-electron chi connectivity index (χ2n) is 6.60. The van der Waals surface area contributed by atoms with Crippen LogP contribution in [0.15, 0.2) is 33.9 Å². The van der Waals surface area contributed by atoms with Crippen LogP contribution in [0.4, 0.5) is 4.79 Å². The zero-order valence-corrected chi connectivity index (χ0v) is 17.8. The monoisotopic (exact) mass is 438 g/mol. The Bertz CT molecular complexity index is 731. The van der Waals surface area contributed by atoms with Crippen LogP contribution in [0.2, 0.25) is 0 Å². The van der Waals surface area contributed by atoms with E-state index in [2.05, 4.69) is 33.5 Å². The van der Waals surface area contributed by atoms with E-state index in [0.29, 0.717) is 30.0 Å². The lowest BCUT2D eigenvalue weighted by Crippen LogP contribution is -2.46. The normalized spacial score (nSPS) is 16.8. The topological polar surface area (TPSA) is 76.7 Å². The molecule has 0 radical (unpaired) electrons. The van der Waals surface area contributed by atoms with Crippen LogP contribution < -0.4 is 15.4 Å². The quantitative estimate of drug-likeness (QED) is 0.581. The summed E-state index contributed by atoms with van der Waals surface area (Å²) in [6.45, 7) is 8.14. The summed E-state index contributed by atoms with van der Waals surface area (Å²) in [5.74, 6) is 0.293. The number of hydrogen-bond donors (Lipinski definition) is 2. The molecule has 0 saturated heterocycles. The number of nitrogens with one attached hydrogen (secondary N) is 2. The summed E-state index contributed by atoms with van der Waals surface area (Å²) in [5, 5.41) is 5.65. The molecule has 2 rings (SSSR count). The molecule has 0 fully saturated rings. The van der Waals surface area contributed by atoms with E-state index < -0.39 is 12.0 Å². The molecule has 0 aliphatic carbocycles. The molecule has 0 aromatic heterocycles. The first-order valence-corrected chi connectivity index (χ1v) is 10.1. The van der Waals surface area contributed by atoms with Crippen molar-refractivity contribution in [1.29, 1.82) is 0 Å². The predicted molar refractivity (Wildman–Crippen MR) is 107 cm³/mol. The van der Waals surface area contributed by atoms with Crippen LogP contribution in [0, 0.1) is 0 Å². The van der Waals surface area contributed by atoms with Gasteiger partial charge in [-0.15, -0.1) is 0 Å². The minimum Gasteiger partial charge on any atom is -0.493 e. The van der Waals surface area contributed by atoms with Crippen molar-refractivity contribution in [2.75, 3.05) is 6.61 Å². The lowest BCUT2D eigenvalue weighted by atomic mass is 9.93. The summed E-state index contributed by atoms with van der Waals surface area (Å²) >= 11 is 3.50. The first-order valence-electron chi connectivity index (χ1n) is 9.31. The average molecular weight is 439 g/mol. The molecule has 1 unspecified atom stereocenters. The van der Waals surface area contributed by atoms with Crippen LogP contribution in [0.5, 0.6) is 5.75 Å². The summed E-state index contributed by atoms with van der Waals surface area (Å²) in [6, 6.07) is 4.64. The number of urea groups is 1. The molecule has 1 aromatic rings. The largest absolute Gasteiger partial charge is 0.493 e. The number of rotatable bonds is 8. The number of hydrogen-bond acceptors (Lipinski definition) is 4. The molecule has 1 aromatic carbocycles. The van der Waals surface area contributed by atoms with Crippen molar-refractivity contribution in [3.63, 3.8) is 0 Å². The van der Waals surface area contributed by atoms with E-state index in [1.165, 1.54) is 0 Å². The number of carbonyl (C=O) groups is 2. The fourth-order valence-corrected chi connectivity index (χ4v) is 3.42. The Morgan fingerprint density at radius 2 is 2.04 bits per heavy atom. The summed E-state index contributed by atoms with van der Waals surface area (Å²) in [5.41, 5.74) is 1.86. The minimum absolute atomic E-state index is 0.247. The van der Waals surface area contributed by atoms with Gasteiger partial charge in [-0.1, -0.05) is 19.4 Å². The van der Waals surface area contributed by atoms with Crippen molar-refractivity contribution in [3.05, 3.63) is 39.5 Å². The van der Waals surface area contributed by atoms with Gasteiger partial charge in [-0.3, -0.25) is 0 Å². The predicted octanol–water partition coefficient (Wildman–Crippen LogP) is 4.60. The minimum atomic E-state index is -0.580. The highest BCUT2D eigenvalue weighted by atomic mass is 79.9. The maximum Gasteiger partial charge on any atom is 0.338 e. The molecule has 0 spiro atoms. The SMILES string of the molecule is CCCCC1=C(C(=O)OC(C)C)C(c2ccc(OCC)c(Br)c2)NC(=O)N1. The molecular weight excluding hydrogens is 412 g/mol. The maximum atomic E-state index is 12.8. The molecule has 1 aliphatic heterocycles. The van der Waals surface area contributed by atoms with Gasteiger partial charge < -0.3 is 20.1 Å². The Labute approximate surface area is 168 Å². The molecule has 1 heterocycles. The molecule has 0 bridgehead atoms. The Morgan fingerprint density at radius 3 is 2.63 bits per heavy atom. The molecule has 7 heteroatoms. The van der Waals surface area contributed by atoms with Crippen LogP contribution in [-0.2, 0) is 9.53 Å². The third-order valence-electron chi connectivity index (χ3n) is 4.09. The van der Waals surface area contributed by atoms with E-state index in [9.17, 15) is 9.59 Å². The Balaban J connectivity index is 2.47. The standard InChI is InChI=1S/C20H27BrN2O4/c1-5-7-8-15-17(19(24)27-12(3)4)18(23-20(25)22-15)13-9-10-16(26-6-2)14(21)11-13/h9-12,18H,5-8H2,1-4H3,(H2,22,23,25). The fraction of sp³-hybridized carbons (Fsp3) is 0.500. The lowest BCUT2D eigenvalue weighted by Gasteiger charge is -2.30. The Kier molecular flexibility index (Phi) is 7.71. The highest BCUT2D eigenvalue weighted by molar-refractivity contribution is 9.10. The molecule has 148 valence electrons. The van der Waals surface area contributed by atoms with Gasteiger partial charge in [0.1, 0.15) is 5.75 Å². The second kappa shape index (κ2) is 9.78. The van der Waals surface area contributed by atoms with E-state index in [1.54, 1.807) is 0 Å². The highest BCUT2D eigenvalue weighted by Crippen LogP contribution is 2.34. The van der Waals surface area contributed by atoms with E-state index in [-0.39, 0.29) is 12.1 Å². The zero-order valence-electron chi connectivity index (χ0n) is 16.2. The van der Waals surface area contributed by atoms with Gasteiger partial charge >= 0.3 is 12.0 Å². The molecule has 1 aliphatic rings. The first kappa shape index (κ1) is 21.3. The van der Waals surface area contributed by atoms with E-state index >= 15 is 0 Å². The maximum absolute atomic E-state index is 12.8. The van der Waals surface area contributed by atoms with Crippen molar-refractivity contribution in [1.82, 2.24) is 10.6 Å². The number of halogens is 1. The zero-order chi connectivity index (χ0) is 20.0. The van der Waals surface area contributed by atoms with Crippen LogP contribution in [0.25, 0.3) is 0 Å². The molecule has 27 heavy (non-hydrogen) atoms. The van der Waals surface area contributed by atoms with Crippen LogP contribution in [0.3, 0.4) is 0 Å². The van der Waals surface area contributed by atoms with Gasteiger partial charge in [0, 0.05) is 5.70 Å². The number of unbranched alkanes of at least 4 members (excludes halogenated alkanes) is 1. The van der Waals surface area contributed by atoms with Crippen molar-refractivity contribution < 1.29 is 19.1 Å². The molecule has 6 nitrogen and oxygen atoms in total. The fourth-order valence-electron chi connectivity index (χ4n) is 2.91. The van der Waals surface area contributed by atoms with Gasteiger partial charge in [0.15, 0.2) is 0 Å². The van der Waals surface area contributed by atoms with Crippen molar-refractivity contribution in [2.24, 2.45) is 0 Å². The number of allylic oxidation sites excluding steroid dienone is 1. The van der Waals surface area contributed by atoms with Crippen molar-refractivity contribution in [3.8, 4) is 5.75 Å². The summed E-state index contributed by atoms with van der Waals surface area (Å²) in [4.78, 5) is 25.0. The summed E-state index contributed by atoms with van der Waals surface area (Å²) in [7, 11) is 0. The lowest BCUT2D eigenvalue weighted by molar-refractivity contribution is -0.143. The molecule has 0 saturated carbocycles. The highest BCUT2D eigenvalue weighted by Gasteiger charge is 2.34. The Morgan fingerprint density at radius 1 is 1.30 bits per heavy atom. The van der Waals surface area contributed by atoms with E-state index in [4.69, 9.17) is 9.47 Å². The van der Waals surface area contributed by atoms with E-state index in [1.807, 2.05) is 39.0 Å². The van der Waals surface area contributed by atoms with Crippen LogP contribution in [-0.4, -0.2) is 24.7 Å². The summed E-state index contributed by atoms with van der Waals surface area (Å²) in [6.07, 6.45) is 2.19. The Hall–Kier alpha value is -2.02. The number of amides is 2. The summed E-state index contributed by atoms with van der Waals surface area (Å²) < 4.78 is 11.8.